The molecule has 1 aromatic carbocycles. The maximum absolute atomic E-state index is 13.3. The molecule has 0 radical (unpaired) electrons. The Hall–Kier alpha value is 0.0700. The highest BCUT2D eigenvalue weighted by Crippen LogP contribution is 2.25. The number of rotatable bonds is 5. The fraction of sp³-hybridized carbons (Fsp3) is 0.571. The zero-order valence-electron chi connectivity index (χ0n) is 10.3. The summed E-state index contributed by atoms with van der Waals surface area (Å²) in [7, 11) is 0. The molecule has 0 amide bonds. The Morgan fingerprint density at radius 1 is 1.33 bits per heavy atom. The van der Waals surface area contributed by atoms with Gasteiger partial charge in [-0.3, -0.25) is 4.90 Å². The summed E-state index contributed by atoms with van der Waals surface area (Å²) in [6.07, 6.45) is 5.00. The first-order chi connectivity index (χ1) is 8.69. The SMILES string of the molecule is Fc1cc(Br)cc(CN2CCCC2CCCBr)c1. The number of hydrogen-bond acceptors (Lipinski definition) is 1. The molecule has 18 heavy (non-hydrogen) atoms. The van der Waals surface area contributed by atoms with Crippen molar-refractivity contribution in [2.24, 2.45) is 0 Å². The molecule has 1 saturated heterocycles. The van der Waals surface area contributed by atoms with Crippen molar-refractivity contribution in [1.29, 1.82) is 0 Å². The van der Waals surface area contributed by atoms with E-state index in [4.69, 9.17) is 0 Å². The molecule has 1 nitrogen and oxygen atoms in total. The average Bonchev–Trinajstić information content (AvgIpc) is 2.72. The summed E-state index contributed by atoms with van der Waals surface area (Å²) < 4.78 is 14.2. The van der Waals surface area contributed by atoms with Crippen molar-refractivity contribution in [2.45, 2.75) is 38.3 Å². The van der Waals surface area contributed by atoms with Crippen LogP contribution in [0.1, 0.15) is 31.2 Å². The number of halogens is 3. The molecule has 0 aromatic heterocycles. The van der Waals surface area contributed by atoms with Crippen molar-refractivity contribution in [3.63, 3.8) is 0 Å². The molecule has 0 bridgehead atoms. The molecule has 1 aliphatic heterocycles. The lowest BCUT2D eigenvalue weighted by Gasteiger charge is -2.24. The molecule has 100 valence electrons. The zero-order chi connectivity index (χ0) is 13.0. The van der Waals surface area contributed by atoms with Crippen molar-refractivity contribution in [3.05, 3.63) is 34.1 Å². The number of benzene rings is 1. The number of hydrogen-bond donors (Lipinski definition) is 0. The molecular weight excluding hydrogens is 361 g/mol. The predicted molar refractivity (Wildman–Crippen MR) is 80.6 cm³/mol. The maximum atomic E-state index is 13.3. The molecule has 1 heterocycles. The van der Waals surface area contributed by atoms with Crippen molar-refractivity contribution in [1.82, 2.24) is 4.90 Å². The average molecular weight is 379 g/mol. The topological polar surface area (TPSA) is 3.24 Å². The summed E-state index contributed by atoms with van der Waals surface area (Å²) in [6.45, 7) is 2.00. The van der Waals surface area contributed by atoms with E-state index in [0.29, 0.717) is 6.04 Å². The fourth-order valence-corrected chi connectivity index (χ4v) is 3.52. The summed E-state index contributed by atoms with van der Waals surface area (Å²) in [6, 6.07) is 5.84. The Morgan fingerprint density at radius 2 is 2.17 bits per heavy atom. The van der Waals surface area contributed by atoms with Gasteiger partial charge in [0.1, 0.15) is 5.82 Å². The largest absolute Gasteiger partial charge is 0.296 e. The van der Waals surface area contributed by atoms with E-state index in [1.165, 1.54) is 31.7 Å². The van der Waals surface area contributed by atoms with Gasteiger partial charge in [-0.05, 0) is 56.0 Å². The van der Waals surface area contributed by atoms with Gasteiger partial charge < -0.3 is 0 Å². The zero-order valence-corrected chi connectivity index (χ0v) is 13.5. The van der Waals surface area contributed by atoms with Crippen molar-refractivity contribution in [3.8, 4) is 0 Å². The van der Waals surface area contributed by atoms with E-state index in [-0.39, 0.29) is 5.82 Å². The number of alkyl halides is 1. The quantitative estimate of drug-likeness (QED) is 0.669. The molecule has 2 rings (SSSR count). The van der Waals surface area contributed by atoms with E-state index >= 15 is 0 Å². The third-order valence-electron chi connectivity index (χ3n) is 3.48. The Bertz CT molecular complexity index is 377. The second-order valence-corrected chi connectivity index (χ2v) is 6.58. The van der Waals surface area contributed by atoms with Gasteiger partial charge in [0.05, 0.1) is 0 Å². The van der Waals surface area contributed by atoms with Crippen LogP contribution in [0.15, 0.2) is 22.7 Å². The summed E-state index contributed by atoms with van der Waals surface area (Å²) >= 11 is 6.84. The first-order valence-electron chi connectivity index (χ1n) is 6.44. The van der Waals surface area contributed by atoms with Gasteiger partial charge in [0.15, 0.2) is 0 Å². The van der Waals surface area contributed by atoms with Gasteiger partial charge in [-0.1, -0.05) is 31.9 Å². The van der Waals surface area contributed by atoms with Crippen LogP contribution < -0.4 is 0 Å². The highest BCUT2D eigenvalue weighted by atomic mass is 79.9. The Kier molecular flexibility index (Phi) is 5.64. The summed E-state index contributed by atoms with van der Waals surface area (Å²) in [4.78, 5) is 2.49. The van der Waals surface area contributed by atoms with Crippen LogP contribution in [0.4, 0.5) is 4.39 Å². The number of likely N-dealkylation sites (tertiary alicyclic amines) is 1. The molecule has 0 N–H and O–H groups in total. The minimum atomic E-state index is -0.157. The lowest BCUT2D eigenvalue weighted by molar-refractivity contribution is 0.233. The van der Waals surface area contributed by atoms with Gasteiger partial charge >= 0.3 is 0 Å². The number of nitrogens with zero attached hydrogens (tertiary/aromatic N) is 1. The smallest absolute Gasteiger partial charge is 0.124 e. The minimum absolute atomic E-state index is 0.157. The molecule has 0 spiro atoms. The van der Waals surface area contributed by atoms with Crippen LogP contribution in [0.3, 0.4) is 0 Å². The van der Waals surface area contributed by atoms with Gasteiger partial charge in [-0.2, -0.15) is 0 Å². The summed E-state index contributed by atoms with van der Waals surface area (Å²) in [5.41, 5.74) is 1.06. The summed E-state index contributed by atoms with van der Waals surface area (Å²) in [5, 5.41) is 1.07. The van der Waals surface area contributed by atoms with Gasteiger partial charge in [-0.25, -0.2) is 4.39 Å². The van der Waals surface area contributed by atoms with E-state index < -0.39 is 0 Å². The molecule has 0 aliphatic carbocycles. The standard InChI is InChI=1S/C14H18Br2FN/c15-5-1-3-14-4-2-6-18(14)10-11-7-12(16)9-13(17)8-11/h7-9,14H,1-6,10H2. The third-order valence-corrected chi connectivity index (χ3v) is 4.50. The van der Waals surface area contributed by atoms with Crippen molar-refractivity contribution >= 4 is 31.9 Å². The van der Waals surface area contributed by atoms with E-state index in [2.05, 4.69) is 36.8 Å². The van der Waals surface area contributed by atoms with Gasteiger partial charge in [0, 0.05) is 22.4 Å². The van der Waals surface area contributed by atoms with Crippen LogP contribution in [0.5, 0.6) is 0 Å². The highest BCUT2D eigenvalue weighted by molar-refractivity contribution is 9.10. The monoisotopic (exact) mass is 377 g/mol. The van der Waals surface area contributed by atoms with Crippen molar-refractivity contribution < 1.29 is 4.39 Å². The van der Waals surface area contributed by atoms with Gasteiger partial charge in [-0.15, -0.1) is 0 Å². The second-order valence-electron chi connectivity index (χ2n) is 4.88. The molecule has 1 unspecified atom stereocenters. The minimum Gasteiger partial charge on any atom is -0.296 e. The predicted octanol–water partition coefficient (Wildman–Crippen LogP) is 4.73. The van der Waals surface area contributed by atoms with Crippen LogP contribution in [0.25, 0.3) is 0 Å². The van der Waals surface area contributed by atoms with Crippen LogP contribution >= 0.6 is 31.9 Å². The molecular formula is C14H18Br2FN. The van der Waals surface area contributed by atoms with Crippen molar-refractivity contribution in [2.75, 3.05) is 11.9 Å². The lowest BCUT2D eigenvalue weighted by Crippen LogP contribution is -2.28. The molecule has 1 fully saturated rings. The molecule has 1 aromatic rings. The summed E-state index contributed by atoms with van der Waals surface area (Å²) in [5.74, 6) is -0.157. The van der Waals surface area contributed by atoms with Crippen LogP contribution in [-0.2, 0) is 6.54 Å². The molecule has 0 saturated carbocycles. The normalized spacial score (nSPS) is 20.5. The van der Waals surface area contributed by atoms with E-state index in [1.54, 1.807) is 6.07 Å². The van der Waals surface area contributed by atoms with E-state index in [0.717, 1.165) is 28.5 Å². The first-order valence-corrected chi connectivity index (χ1v) is 8.35. The van der Waals surface area contributed by atoms with E-state index in [9.17, 15) is 4.39 Å². The van der Waals surface area contributed by atoms with E-state index in [1.807, 2.05) is 6.07 Å². The third kappa shape index (κ3) is 4.04. The molecule has 1 atom stereocenters. The van der Waals surface area contributed by atoms with Gasteiger partial charge in [0.25, 0.3) is 0 Å². The fourth-order valence-electron chi connectivity index (χ4n) is 2.68. The Labute approximate surface area is 125 Å². The molecule has 1 aliphatic rings. The molecule has 4 heteroatoms. The first kappa shape index (κ1) is 14.5. The maximum Gasteiger partial charge on any atom is 0.124 e. The Morgan fingerprint density at radius 3 is 2.89 bits per heavy atom. The van der Waals surface area contributed by atoms with Gasteiger partial charge in [0.2, 0.25) is 0 Å². The van der Waals surface area contributed by atoms with Crippen LogP contribution in [0.2, 0.25) is 0 Å². The van der Waals surface area contributed by atoms with Crippen LogP contribution in [-0.4, -0.2) is 22.8 Å². The lowest BCUT2D eigenvalue weighted by atomic mass is 10.1. The highest BCUT2D eigenvalue weighted by Gasteiger charge is 2.23. The Balaban J connectivity index is 1.98. The second kappa shape index (κ2) is 7.01. The van der Waals surface area contributed by atoms with Crippen LogP contribution in [0, 0.1) is 5.82 Å².